The van der Waals surface area contributed by atoms with Gasteiger partial charge in [-0.1, -0.05) is 6.08 Å². The van der Waals surface area contributed by atoms with Crippen molar-refractivity contribution in [2.75, 3.05) is 18.0 Å². The highest BCUT2D eigenvalue weighted by molar-refractivity contribution is 5.78. The Kier molecular flexibility index (Phi) is 4.28. The molecule has 82 valence electrons. The minimum atomic E-state index is 0.522. The van der Waals surface area contributed by atoms with E-state index in [2.05, 4.69) is 12.6 Å². The van der Waals surface area contributed by atoms with Crippen molar-refractivity contribution in [3.05, 3.63) is 42.0 Å². The molecule has 0 atom stereocenters. The molecule has 3 heteroatoms. The van der Waals surface area contributed by atoms with Crippen molar-refractivity contribution in [3.8, 4) is 6.07 Å². The van der Waals surface area contributed by atoms with Crippen molar-refractivity contribution >= 4 is 12.0 Å². The fourth-order valence-electron chi connectivity index (χ4n) is 1.55. The summed E-state index contributed by atoms with van der Waals surface area (Å²) in [4.78, 5) is 12.6. The zero-order valence-electron chi connectivity index (χ0n) is 9.31. The Morgan fingerprint density at radius 1 is 1.56 bits per heavy atom. The van der Waals surface area contributed by atoms with Crippen LogP contribution >= 0.6 is 0 Å². The Bertz CT molecular complexity index is 432. The molecule has 0 bridgehead atoms. The standard InChI is InChI=1S/C13H14N2O/c1-3-7-15(4-2)13-6-5-11(10-16)8-12(13)9-14/h3,5-6,8,10H,1,4,7H2,2H3. The van der Waals surface area contributed by atoms with Crippen LogP contribution in [0.4, 0.5) is 5.69 Å². The molecular formula is C13H14N2O. The van der Waals surface area contributed by atoms with Gasteiger partial charge in [-0.25, -0.2) is 0 Å². The first-order valence-corrected chi connectivity index (χ1v) is 5.12. The Hall–Kier alpha value is -2.08. The van der Waals surface area contributed by atoms with Gasteiger partial charge in [0, 0.05) is 18.7 Å². The summed E-state index contributed by atoms with van der Waals surface area (Å²) in [5.74, 6) is 0. The van der Waals surface area contributed by atoms with E-state index in [9.17, 15) is 4.79 Å². The van der Waals surface area contributed by atoms with Crippen LogP contribution in [0.25, 0.3) is 0 Å². The van der Waals surface area contributed by atoms with Crippen LogP contribution in [0.1, 0.15) is 22.8 Å². The highest BCUT2D eigenvalue weighted by atomic mass is 16.1. The van der Waals surface area contributed by atoms with E-state index in [1.165, 1.54) is 0 Å². The van der Waals surface area contributed by atoms with E-state index in [1.54, 1.807) is 24.3 Å². The molecule has 1 aromatic carbocycles. The second-order valence-corrected chi connectivity index (χ2v) is 3.33. The van der Waals surface area contributed by atoms with Crippen LogP contribution < -0.4 is 4.90 Å². The first-order valence-electron chi connectivity index (χ1n) is 5.12. The highest BCUT2D eigenvalue weighted by Gasteiger charge is 2.08. The lowest BCUT2D eigenvalue weighted by Crippen LogP contribution is -2.23. The number of aldehydes is 1. The number of carbonyl (C=O) groups excluding carboxylic acids is 1. The maximum atomic E-state index is 10.6. The average molecular weight is 214 g/mol. The minimum absolute atomic E-state index is 0.522. The number of likely N-dealkylation sites (N-methyl/N-ethyl adjacent to an activating group) is 1. The van der Waals surface area contributed by atoms with E-state index in [4.69, 9.17) is 5.26 Å². The van der Waals surface area contributed by atoms with Gasteiger partial charge >= 0.3 is 0 Å². The van der Waals surface area contributed by atoms with Crippen LogP contribution in [-0.2, 0) is 0 Å². The number of anilines is 1. The summed E-state index contributed by atoms with van der Waals surface area (Å²) in [6.45, 7) is 7.17. The molecule has 0 saturated carbocycles. The Labute approximate surface area is 95.6 Å². The van der Waals surface area contributed by atoms with Gasteiger partial charge in [-0.2, -0.15) is 5.26 Å². The van der Waals surface area contributed by atoms with Crippen molar-refractivity contribution < 1.29 is 4.79 Å². The van der Waals surface area contributed by atoms with Crippen molar-refractivity contribution in [3.63, 3.8) is 0 Å². The van der Waals surface area contributed by atoms with Crippen LogP contribution in [0.15, 0.2) is 30.9 Å². The molecule has 0 saturated heterocycles. The van der Waals surface area contributed by atoms with E-state index >= 15 is 0 Å². The first kappa shape index (κ1) is 12.0. The minimum Gasteiger partial charge on any atom is -0.367 e. The Morgan fingerprint density at radius 2 is 2.31 bits per heavy atom. The van der Waals surface area contributed by atoms with Crippen LogP contribution in [0, 0.1) is 11.3 Å². The molecule has 0 radical (unpaired) electrons. The quantitative estimate of drug-likeness (QED) is 0.558. The predicted molar refractivity (Wildman–Crippen MR) is 64.6 cm³/mol. The summed E-state index contributed by atoms with van der Waals surface area (Å²) in [5, 5.41) is 9.03. The number of nitriles is 1. The van der Waals surface area contributed by atoms with Gasteiger partial charge in [0.25, 0.3) is 0 Å². The molecule has 0 heterocycles. The third-order valence-corrected chi connectivity index (χ3v) is 2.35. The van der Waals surface area contributed by atoms with Gasteiger partial charge in [0.05, 0.1) is 11.3 Å². The third-order valence-electron chi connectivity index (χ3n) is 2.35. The number of nitrogens with zero attached hydrogens (tertiary/aromatic N) is 2. The summed E-state index contributed by atoms with van der Waals surface area (Å²) >= 11 is 0. The molecule has 16 heavy (non-hydrogen) atoms. The van der Waals surface area contributed by atoms with Crippen LogP contribution in [0.3, 0.4) is 0 Å². The van der Waals surface area contributed by atoms with Crippen molar-refractivity contribution in [1.29, 1.82) is 5.26 Å². The molecule has 0 aliphatic rings. The van der Waals surface area contributed by atoms with Gasteiger partial charge in [0.15, 0.2) is 0 Å². The van der Waals surface area contributed by atoms with E-state index in [-0.39, 0.29) is 0 Å². The molecule has 0 unspecified atom stereocenters. The van der Waals surface area contributed by atoms with Crippen molar-refractivity contribution in [1.82, 2.24) is 0 Å². The van der Waals surface area contributed by atoms with E-state index in [0.29, 0.717) is 17.7 Å². The molecule has 0 spiro atoms. The third kappa shape index (κ3) is 2.48. The Balaban J connectivity index is 3.17. The van der Waals surface area contributed by atoms with Crippen LogP contribution in [-0.4, -0.2) is 19.4 Å². The number of benzene rings is 1. The molecule has 0 aromatic heterocycles. The molecule has 1 aromatic rings. The molecule has 1 rings (SSSR count). The molecule has 0 aliphatic carbocycles. The fraction of sp³-hybridized carbons (Fsp3) is 0.231. The summed E-state index contributed by atoms with van der Waals surface area (Å²) < 4.78 is 0. The van der Waals surface area contributed by atoms with Gasteiger partial charge < -0.3 is 4.90 Å². The monoisotopic (exact) mass is 214 g/mol. The molecule has 0 aliphatic heterocycles. The van der Waals surface area contributed by atoms with Gasteiger partial charge in [-0.05, 0) is 25.1 Å². The molecular weight excluding hydrogens is 200 g/mol. The lowest BCUT2D eigenvalue weighted by Gasteiger charge is -2.22. The number of hydrogen-bond donors (Lipinski definition) is 0. The molecule has 0 N–H and O–H groups in total. The highest BCUT2D eigenvalue weighted by Crippen LogP contribution is 2.20. The average Bonchev–Trinajstić information content (AvgIpc) is 2.35. The summed E-state index contributed by atoms with van der Waals surface area (Å²) in [7, 11) is 0. The van der Waals surface area contributed by atoms with E-state index in [0.717, 1.165) is 18.5 Å². The lowest BCUT2D eigenvalue weighted by atomic mass is 10.1. The Morgan fingerprint density at radius 3 is 2.81 bits per heavy atom. The molecule has 0 fully saturated rings. The van der Waals surface area contributed by atoms with Crippen LogP contribution in [0.2, 0.25) is 0 Å². The summed E-state index contributed by atoms with van der Waals surface area (Å²) in [6, 6.07) is 7.23. The second kappa shape index (κ2) is 5.72. The molecule has 0 amide bonds. The summed E-state index contributed by atoms with van der Waals surface area (Å²) in [5.41, 5.74) is 1.89. The van der Waals surface area contributed by atoms with E-state index in [1.807, 2.05) is 11.8 Å². The number of hydrogen-bond acceptors (Lipinski definition) is 3. The first-order chi connectivity index (χ1) is 7.76. The SMILES string of the molecule is C=CCN(CC)c1ccc(C=O)cc1C#N. The van der Waals surface area contributed by atoms with Gasteiger partial charge in [-0.3, -0.25) is 4.79 Å². The van der Waals surface area contributed by atoms with E-state index < -0.39 is 0 Å². The predicted octanol–water partition coefficient (Wildman–Crippen LogP) is 2.38. The zero-order chi connectivity index (χ0) is 12.0. The maximum Gasteiger partial charge on any atom is 0.150 e. The smallest absolute Gasteiger partial charge is 0.150 e. The largest absolute Gasteiger partial charge is 0.367 e. The van der Waals surface area contributed by atoms with Gasteiger partial charge in [0.1, 0.15) is 12.4 Å². The van der Waals surface area contributed by atoms with Gasteiger partial charge in [0.2, 0.25) is 0 Å². The number of rotatable bonds is 5. The summed E-state index contributed by atoms with van der Waals surface area (Å²) in [6.07, 6.45) is 2.53. The van der Waals surface area contributed by atoms with Gasteiger partial charge in [-0.15, -0.1) is 6.58 Å². The van der Waals surface area contributed by atoms with Crippen molar-refractivity contribution in [2.24, 2.45) is 0 Å². The second-order valence-electron chi connectivity index (χ2n) is 3.33. The maximum absolute atomic E-state index is 10.6. The van der Waals surface area contributed by atoms with Crippen LogP contribution in [0.5, 0.6) is 0 Å². The van der Waals surface area contributed by atoms with Crippen molar-refractivity contribution in [2.45, 2.75) is 6.92 Å². The fourth-order valence-corrected chi connectivity index (χ4v) is 1.55. The normalized spacial score (nSPS) is 9.25. The zero-order valence-corrected chi connectivity index (χ0v) is 9.31. The molecule has 3 nitrogen and oxygen atoms in total. The topological polar surface area (TPSA) is 44.1 Å². The lowest BCUT2D eigenvalue weighted by molar-refractivity contribution is 0.112. The number of carbonyl (C=O) groups is 1.